The Balaban J connectivity index is 0.000000206. The van der Waals surface area contributed by atoms with E-state index in [1.807, 2.05) is 12.2 Å². The monoisotopic (exact) mass is 262 g/mol. The first kappa shape index (κ1) is 13.7. The standard InChI is InChI=1S/2C6H7.CH2.Zr/c2*1-6-4-2-3-5-6;;/h4-5H,2H2,1H3;2,4H,5H2,1H3;1H2;/q2*-1;;+2. The van der Waals surface area contributed by atoms with Gasteiger partial charge in [-0.05, 0) is 0 Å². The molecule has 0 aliphatic heterocycles. The number of rotatable bonds is 0. The molecule has 0 amide bonds. The molecule has 0 aromatic heterocycles. The molecule has 0 saturated carbocycles. The minimum absolute atomic E-state index is 1.02. The van der Waals surface area contributed by atoms with Gasteiger partial charge in [0.15, 0.2) is 0 Å². The molecular formula is C13H16Zr. The van der Waals surface area contributed by atoms with Gasteiger partial charge in [-0.3, -0.25) is 12.2 Å². The molecule has 0 aromatic carbocycles. The van der Waals surface area contributed by atoms with Gasteiger partial charge < -0.3 is 0 Å². The summed E-state index contributed by atoms with van der Waals surface area (Å²) in [6.45, 7) is 4.19. The van der Waals surface area contributed by atoms with Crippen molar-refractivity contribution >= 4 is 4.21 Å². The molecule has 0 N–H and O–H groups in total. The van der Waals surface area contributed by atoms with Crippen molar-refractivity contribution in [2.75, 3.05) is 0 Å². The summed E-state index contributed by atoms with van der Waals surface area (Å²) in [6, 6.07) is 0. The van der Waals surface area contributed by atoms with Crippen LogP contribution in [0.1, 0.15) is 26.7 Å². The quantitative estimate of drug-likeness (QED) is 0.588. The molecule has 2 aliphatic carbocycles. The Hall–Kier alpha value is -0.287. The van der Waals surface area contributed by atoms with Gasteiger partial charge in [-0.15, -0.1) is 19.8 Å². The molecule has 0 radical (unpaired) electrons. The molecule has 0 heterocycles. The van der Waals surface area contributed by atoms with Crippen LogP contribution in [-0.4, -0.2) is 4.21 Å². The van der Waals surface area contributed by atoms with Crippen molar-refractivity contribution in [3.8, 4) is 0 Å². The van der Waals surface area contributed by atoms with E-state index < -0.39 is 0 Å². The fourth-order valence-corrected chi connectivity index (χ4v) is 0.979. The van der Waals surface area contributed by atoms with Crippen LogP contribution in [0.25, 0.3) is 0 Å². The van der Waals surface area contributed by atoms with Crippen molar-refractivity contribution < 1.29 is 24.2 Å². The first-order chi connectivity index (χ1) is 6.79. The van der Waals surface area contributed by atoms with Gasteiger partial charge in [-0.25, -0.2) is 23.8 Å². The molecule has 2 rings (SSSR count). The second kappa shape index (κ2) is 9.28. The Kier molecular flexibility index (Phi) is 9.09. The Morgan fingerprint density at radius 3 is 2.14 bits per heavy atom. The van der Waals surface area contributed by atoms with Gasteiger partial charge in [0, 0.05) is 0 Å². The summed E-state index contributed by atoms with van der Waals surface area (Å²) in [5.41, 5.74) is 2.75. The van der Waals surface area contributed by atoms with Gasteiger partial charge in [0.1, 0.15) is 0 Å². The van der Waals surface area contributed by atoms with E-state index in [0.717, 1.165) is 12.8 Å². The van der Waals surface area contributed by atoms with E-state index in [4.69, 9.17) is 0 Å². The first-order valence-corrected chi connectivity index (χ1v) is 6.34. The summed E-state index contributed by atoms with van der Waals surface area (Å²) in [5.74, 6) is 0. The van der Waals surface area contributed by atoms with Gasteiger partial charge in [-0.2, -0.15) is 11.6 Å². The van der Waals surface area contributed by atoms with Crippen molar-refractivity contribution in [2.24, 2.45) is 0 Å². The third kappa shape index (κ3) is 7.15. The van der Waals surface area contributed by atoms with Gasteiger partial charge in [0.2, 0.25) is 0 Å². The van der Waals surface area contributed by atoms with E-state index >= 15 is 0 Å². The van der Waals surface area contributed by atoms with Crippen LogP contribution >= 0.6 is 0 Å². The van der Waals surface area contributed by atoms with Crippen LogP contribution in [-0.2, 0) is 24.2 Å². The van der Waals surface area contributed by atoms with E-state index in [1.54, 1.807) is 0 Å². The molecule has 72 valence electrons. The molecule has 0 unspecified atom stereocenters. The molecule has 0 nitrogen and oxygen atoms in total. The maximum atomic E-state index is 3.34. The van der Waals surface area contributed by atoms with Crippen LogP contribution in [0, 0.1) is 12.2 Å². The summed E-state index contributed by atoms with van der Waals surface area (Å²) < 4.78 is 3.34. The molecule has 0 bridgehead atoms. The summed E-state index contributed by atoms with van der Waals surface area (Å²) >= 11 is 1.30. The van der Waals surface area contributed by atoms with E-state index in [0.29, 0.717) is 0 Å². The zero-order chi connectivity index (χ0) is 10.8. The molecule has 0 fully saturated rings. The zero-order valence-corrected chi connectivity index (χ0v) is 11.4. The van der Waals surface area contributed by atoms with Gasteiger partial charge in [0.05, 0.1) is 0 Å². The van der Waals surface area contributed by atoms with Crippen molar-refractivity contribution in [2.45, 2.75) is 26.7 Å². The van der Waals surface area contributed by atoms with Crippen molar-refractivity contribution in [3.05, 3.63) is 47.6 Å². The van der Waals surface area contributed by atoms with Crippen LogP contribution in [0.15, 0.2) is 35.5 Å². The molecule has 0 saturated heterocycles. The van der Waals surface area contributed by atoms with Crippen LogP contribution in [0.5, 0.6) is 0 Å². The van der Waals surface area contributed by atoms with Gasteiger partial charge in [-0.1, -0.05) is 6.92 Å². The van der Waals surface area contributed by atoms with Crippen LogP contribution in [0.4, 0.5) is 0 Å². The average molecular weight is 263 g/mol. The van der Waals surface area contributed by atoms with Crippen LogP contribution in [0.3, 0.4) is 0 Å². The van der Waals surface area contributed by atoms with Crippen molar-refractivity contribution in [1.82, 2.24) is 0 Å². The molecule has 0 spiro atoms. The second-order valence-corrected chi connectivity index (χ2v) is 3.06. The van der Waals surface area contributed by atoms with Gasteiger partial charge in [0.25, 0.3) is 0 Å². The Bertz CT molecular complexity index is 264. The Morgan fingerprint density at radius 2 is 2.00 bits per heavy atom. The molecule has 1 heteroatoms. The third-order valence-corrected chi connectivity index (χ3v) is 1.74. The molecule has 14 heavy (non-hydrogen) atoms. The van der Waals surface area contributed by atoms with Crippen LogP contribution in [0.2, 0.25) is 0 Å². The Morgan fingerprint density at radius 1 is 1.29 bits per heavy atom. The fourth-order valence-electron chi connectivity index (χ4n) is 0.979. The molecular weight excluding hydrogens is 247 g/mol. The molecule has 0 atom stereocenters. The topological polar surface area (TPSA) is 0 Å². The van der Waals surface area contributed by atoms with E-state index in [-0.39, 0.29) is 0 Å². The van der Waals surface area contributed by atoms with Gasteiger partial charge >= 0.3 is 28.4 Å². The predicted octanol–water partition coefficient (Wildman–Crippen LogP) is 3.36. The summed E-state index contributed by atoms with van der Waals surface area (Å²) in [7, 11) is 0. The summed E-state index contributed by atoms with van der Waals surface area (Å²) in [5, 5.41) is 0. The summed E-state index contributed by atoms with van der Waals surface area (Å²) in [4.78, 5) is 0. The molecule has 2 aliphatic rings. The number of allylic oxidation sites excluding steroid dienone is 8. The third-order valence-electron chi connectivity index (χ3n) is 1.74. The van der Waals surface area contributed by atoms with E-state index in [1.165, 1.54) is 35.4 Å². The average Bonchev–Trinajstić information content (AvgIpc) is 2.83. The predicted molar refractivity (Wildman–Crippen MR) is 59.5 cm³/mol. The van der Waals surface area contributed by atoms with E-state index in [2.05, 4.69) is 42.4 Å². The normalized spacial score (nSPS) is 16.3. The maximum absolute atomic E-state index is 3.34. The minimum atomic E-state index is 1.02. The zero-order valence-electron chi connectivity index (χ0n) is 8.93. The Labute approximate surface area is 102 Å². The van der Waals surface area contributed by atoms with Crippen molar-refractivity contribution in [3.63, 3.8) is 0 Å². The first-order valence-electron chi connectivity index (χ1n) is 4.60. The SMILES string of the molecule is CC1=CC=[C-]C1.CC1=CC[C-]=C1.[CH2]=[Zr+2]. The van der Waals surface area contributed by atoms with E-state index in [9.17, 15) is 0 Å². The number of hydrogen-bond donors (Lipinski definition) is 0. The fraction of sp³-hybridized carbons (Fsp3) is 0.308. The summed E-state index contributed by atoms with van der Waals surface area (Å²) in [6.07, 6.45) is 16.4. The molecule has 0 aromatic rings. The number of hydrogen-bond acceptors (Lipinski definition) is 0. The van der Waals surface area contributed by atoms with Crippen molar-refractivity contribution in [1.29, 1.82) is 0 Å². The second-order valence-electron chi connectivity index (χ2n) is 3.06. The van der Waals surface area contributed by atoms with Crippen LogP contribution < -0.4 is 0 Å².